The second-order valence-corrected chi connectivity index (χ2v) is 4.25. The van der Waals surface area contributed by atoms with Crippen LogP contribution in [0.1, 0.15) is 12.0 Å². The molecule has 0 bridgehead atoms. The van der Waals surface area contributed by atoms with Gasteiger partial charge in [-0.1, -0.05) is 30.3 Å². The highest BCUT2D eigenvalue weighted by Gasteiger charge is 2.21. The van der Waals surface area contributed by atoms with E-state index >= 15 is 0 Å². The van der Waals surface area contributed by atoms with Crippen molar-refractivity contribution in [2.24, 2.45) is 0 Å². The average molecular weight is 215 g/mol. The van der Waals surface area contributed by atoms with Crippen LogP contribution in [0.5, 0.6) is 0 Å². The van der Waals surface area contributed by atoms with Gasteiger partial charge >= 0.3 is 0 Å². The molecule has 84 valence electrons. The van der Waals surface area contributed by atoms with E-state index in [1.54, 1.807) is 0 Å². The number of nitrogens with zero attached hydrogens (tertiary/aromatic N) is 2. The normalized spacial score (nSPS) is 20.8. The third-order valence-corrected chi connectivity index (χ3v) is 2.99. The van der Waals surface area contributed by atoms with Gasteiger partial charge in [-0.15, -0.1) is 0 Å². The highest BCUT2D eigenvalue weighted by atomic mass is 15.2. The van der Waals surface area contributed by atoms with Crippen LogP contribution in [0, 0.1) is 11.3 Å². The summed E-state index contributed by atoms with van der Waals surface area (Å²) in [5.74, 6) is 0. The number of rotatable bonds is 4. The molecule has 1 unspecified atom stereocenters. The summed E-state index contributed by atoms with van der Waals surface area (Å²) in [4.78, 5) is 2.43. The van der Waals surface area contributed by atoms with E-state index in [-0.39, 0.29) is 0 Å². The van der Waals surface area contributed by atoms with E-state index in [0.29, 0.717) is 12.6 Å². The molecule has 0 radical (unpaired) electrons. The molecule has 1 atom stereocenters. The van der Waals surface area contributed by atoms with Crippen molar-refractivity contribution in [2.75, 3.05) is 19.6 Å². The lowest BCUT2D eigenvalue weighted by atomic mass is 10.2. The SMILES string of the molecule is N#CCNC1CCN(Cc2ccccc2)C1. The summed E-state index contributed by atoms with van der Waals surface area (Å²) in [5, 5.41) is 11.7. The molecule has 3 nitrogen and oxygen atoms in total. The Morgan fingerprint density at radius 3 is 2.94 bits per heavy atom. The van der Waals surface area contributed by atoms with Gasteiger partial charge in [0.15, 0.2) is 0 Å². The van der Waals surface area contributed by atoms with E-state index in [2.05, 4.69) is 40.6 Å². The maximum absolute atomic E-state index is 8.50. The fourth-order valence-electron chi connectivity index (χ4n) is 2.17. The second kappa shape index (κ2) is 5.64. The Balaban J connectivity index is 1.79. The highest BCUT2D eigenvalue weighted by Crippen LogP contribution is 2.12. The van der Waals surface area contributed by atoms with Crippen LogP contribution >= 0.6 is 0 Å². The molecule has 1 fully saturated rings. The Morgan fingerprint density at radius 1 is 1.38 bits per heavy atom. The molecule has 1 aliphatic heterocycles. The van der Waals surface area contributed by atoms with E-state index in [0.717, 1.165) is 26.1 Å². The number of nitrogens with one attached hydrogen (secondary N) is 1. The van der Waals surface area contributed by atoms with Gasteiger partial charge in [-0.3, -0.25) is 4.90 Å². The van der Waals surface area contributed by atoms with Crippen molar-refractivity contribution >= 4 is 0 Å². The van der Waals surface area contributed by atoms with Crippen LogP contribution in [0.25, 0.3) is 0 Å². The molecule has 3 heteroatoms. The molecule has 1 saturated heterocycles. The smallest absolute Gasteiger partial charge is 0.0843 e. The lowest BCUT2D eigenvalue weighted by molar-refractivity contribution is 0.321. The third kappa shape index (κ3) is 3.06. The number of benzene rings is 1. The minimum absolute atomic E-state index is 0.462. The van der Waals surface area contributed by atoms with Crippen LogP contribution in [-0.2, 0) is 6.54 Å². The van der Waals surface area contributed by atoms with Gasteiger partial charge in [-0.2, -0.15) is 5.26 Å². The van der Waals surface area contributed by atoms with Gasteiger partial charge in [0.25, 0.3) is 0 Å². The molecule has 0 spiro atoms. The number of hydrogen-bond donors (Lipinski definition) is 1. The first-order valence-electron chi connectivity index (χ1n) is 5.75. The van der Waals surface area contributed by atoms with Crippen LogP contribution in [0.4, 0.5) is 0 Å². The quantitative estimate of drug-likeness (QED) is 0.771. The summed E-state index contributed by atoms with van der Waals surface area (Å²) in [6, 6.07) is 13.2. The number of likely N-dealkylation sites (tertiary alicyclic amines) is 1. The van der Waals surface area contributed by atoms with Gasteiger partial charge in [0.1, 0.15) is 0 Å². The van der Waals surface area contributed by atoms with Crippen LogP contribution in [-0.4, -0.2) is 30.6 Å². The molecule has 1 aromatic carbocycles. The molecule has 2 rings (SSSR count). The predicted molar refractivity (Wildman–Crippen MR) is 63.7 cm³/mol. The summed E-state index contributed by atoms with van der Waals surface area (Å²) in [6.45, 7) is 3.66. The summed E-state index contributed by atoms with van der Waals surface area (Å²) >= 11 is 0. The first-order valence-corrected chi connectivity index (χ1v) is 5.75. The first kappa shape index (κ1) is 11.1. The average Bonchev–Trinajstić information content (AvgIpc) is 2.75. The molecule has 16 heavy (non-hydrogen) atoms. The van der Waals surface area contributed by atoms with Gasteiger partial charge < -0.3 is 5.32 Å². The molecule has 1 N–H and O–H groups in total. The largest absolute Gasteiger partial charge is 0.300 e. The molecular weight excluding hydrogens is 198 g/mol. The van der Waals surface area contributed by atoms with Crippen LogP contribution in [0.2, 0.25) is 0 Å². The fraction of sp³-hybridized carbons (Fsp3) is 0.462. The van der Waals surface area contributed by atoms with Crippen molar-refractivity contribution in [2.45, 2.75) is 19.0 Å². The maximum atomic E-state index is 8.50. The minimum Gasteiger partial charge on any atom is -0.300 e. The van der Waals surface area contributed by atoms with E-state index in [1.807, 2.05) is 6.07 Å². The maximum Gasteiger partial charge on any atom is 0.0843 e. The summed E-state index contributed by atoms with van der Waals surface area (Å²) in [7, 11) is 0. The Morgan fingerprint density at radius 2 is 2.19 bits per heavy atom. The molecule has 0 aromatic heterocycles. The van der Waals surface area contributed by atoms with Gasteiger partial charge in [-0.05, 0) is 12.0 Å². The Bertz CT molecular complexity index is 355. The summed E-state index contributed by atoms with van der Waals surface area (Å²) in [6.07, 6.45) is 1.15. The molecule has 0 amide bonds. The van der Waals surface area contributed by atoms with Gasteiger partial charge in [-0.25, -0.2) is 0 Å². The zero-order valence-corrected chi connectivity index (χ0v) is 9.39. The van der Waals surface area contributed by atoms with E-state index in [1.165, 1.54) is 5.56 Å². The minimum atomic E-state index is 0.462. The zero-order valence-electron chi connectivity index (χ0n) is 9.39. The zero-order chi connectivity index (χ0) is 11.2. The Hall–Kier alpha value is -1.37. The van der Waals surface area contributed by atoms with Gasteiger partial charge in [0.05, 0.1) is 12.6 Å². The lowest BCUT2D eigenvalue weighted by Gasteiger charge is -2.15. The standard InChI is InChI=1S/C13H17N3/c14-7-8-15-13-6-9-16(11-13)10-12-4-2-1-3-5-12/h1-5,13,15H,6,8-11H2. The molecule has 1 aliphatic rings. The van der Waals surface area contributed by atoms with Crippen molar-refractivity contribution in [1.29, 1.82) is 5.26 Å². The van der Waals surface area contributed by atoms with E-state index in [4.69, 9.17) is 5.26 Å². The molecular formula is C13H17N3. The Labute approximate surface area is 96.7 Å². The van der Waals surface area contributed by atoms with E-state index in [9.17, 15) is 0 Å². The molecule has 0 aliphatic carbocycles. The van der Waals surface area contributed by atoms with Gasteiger partial charge in [0.2, 0.25) is 0 Å². The van der Waals surface area contributed by atoms with Crippen molar-refractivity contribution in [3.63, 3.8) is 0 Å². The predicted octanol–water partition coefficient (Wildman–Crippen LogP) is 1.37. The van der Waals surface area contributed by atoms with Crippen molar-refractivity contribution in [1.82, 2.24) is 10.2 Å². The molecule has 0 saturated carbocycles. The lowest BCUT2D eigenvalue weighted by Crippen LogP contribution is -2.32. The third-order valence-electron chi connectivity index (χ3n) is 2.99. The van der Waals surface area contributed by atoms with Crippen LogP contribution in [0.3, 0.4) is 0 Å². The second-order valence-electron chi connectivity index (χ2n) is 4.25. The van der Waals surface area contributed by atoms with Crippen molar-refractivity contribution < 1.29 is 0 Å². The van der Waals surface area contributed by atoms with Crippen molar-refractivity contribution in [3.8, 4) is 6.07 Å². The number of hydrogen-bond acceptors (Lipinski definition) is 3. The summed E-state index contributed by atoms with van der Waals surface area (Å²) in [5.41, 5.74) is 1.36. The van der Waals surface area contributed by atoms with Crippen LogP contribution < -0.4 is 5.32 Å². The van der Waals surface area contributed by atoms with Gasteiger partial charge in [0, 0.05) is 25.7 Å². The van der Waals surface area contributed by atoms with Crippen molar-refractivity contribution in [3.05, 3.63) is 35.9 Å². The highest BCUT2D eigenvalue weighted by molar-refractivity contribution is 5.14. The first-order chi connectivity index (χ1) is 7.88. The monoisotopic (exact) mass is 215 g/mol. The van der Waals surface area contributed by atoms with E-state index < -0.39 is 0 Å². The molecule has 1 aromatic rings. The topological polar surface area (TPSA) is 39.1 Å². The fourth-order valence-corrected chi connectivity index (χ4v) is 2.17. The molecule has 1 heterocycles. The number of nitriles is 1. The van der Waals surface area contributed by atoms with Crippen LogP contribution in [0.15, 0.2) is 30.3 Å². The summed E-state index contributed by atoms with van der Waals surface area (Å²) < 4.78 is 0. The Kier molecular flexibility index (Phi) is 3.92.